The van der Waals surface area contributed by atoms with Crippen LogP contribution in [0, 0.1) is 0 Å². The van der Waals surface area contributed by atoms with Crippen molar-refractivity contribution in [2.75, 3.05) is 13.1 Å². The lowest BCUT2D eigenvalue weighted by molar-refractivity contribution is -0.145. The van der Waals surface area contributed by atoms with E-state index in [1.54, 1.807) is 0 Å². The SMILES string of the molecule is CC(C)(C)c1cc(CCCC(=O)N(CCCCCCN)C(=O)CCCc2cc(C(C)(C)C)c(O)c(C(C)(C)C)c2)cc(C(C)(C)C)c1O. The van der Waals surface area contributed by atoms with Gasteiger partial charge in [0.25, 0.3) is 0 Å². The van der Waals surface area contributed by atoms with Crippen LogP contribution in [0.25, 0.3) is 0 Å². The Balaban J connectivity index is 2.19. The van der Waals surface area contributed by atoms with Gasteiger partial charge in [-0.05, 0) is 100 Å². The van der Waals surface area contributed by atoms with Gasteiger partial charge < -0.3 is 15.9 Å². The standard InChI is InChI=1S/C42H68N2O4/c1-39(2,3)31-25-29(26-32(37(31)47)40(4,5)6)19-17-21-35(45)44(24-16-14-13-15-23-43)36(46)22-18-20-30-27-33(41(7,8)9)38(48)34(28-30)42(10,11)12/h25-28,47-48H,13-24,43H2,1-12H3. The summed E-state index contributed by atoms with van der Waals surface area (Å²) >= 11 is 0. The van der Waals surface area contributed by atoms with Crippen LogP contribution in [0.15, 0.2) is 24.3 Å². The molecule has 2 aromatic rings. The molecule has 0 radical (unpaired) electrons. The molecule has 4 N–H and O–H groups in total. The predicted octanol–water partition coefficient (Wildman–Crippen LogP) is 9.51. The third kappa shape index (κ3) is 11.9. The van der Waals surface area contributed by atoms with E-state index in [0.29, 0.717) is 63.1 Å². The Hall–Kier alpha value is -2.86. The third-order valence-corrected chi connectivity index (χ3v) is 9.22. The van der Waals surface area contributed by atoms with Gasteiger partial charge in [0.05, 0.1) is 0 Å². The molecule has 0 spiro atoms. The van der Waals surface area contributed by atoms with Crippen molar-refractivity contribution in [3.8, 4) is 11.5 Å². The minimum Gasteiger partial charge on any atom is -0.507 e. The van der Waals surface area contributed by atoms with Gasteiger partial charge in [0.1, 0.15) is 11.5 Å². The average Bonchev–Trinajstić information content (AvgIpc) is 2.93. The van der Waals surface area contributed by atoms with Gasteiger partial charge in [-0.2, -0.15) is 0 Å². The zero-order valence-corrected chi connectivity index (χ0v) is 32.5. The molecule has 2 aromatic carbocycles. The van der Waals surface area contributed by atoms with Gasteiger partial charge >= 0.3 is 0 Å². The topological polar surface area (TPSA) is 104 Å². The molecule has 6 nitrogen and oxygen atoms in total. The number of aromatic hydroxyl groups is 2. The van der Waals surface area contributed by atoms with Crippen molar-refractivity contribution in [2.24, 2.45) is 5.73 Å². The molecule has 0 saturated heterocycles. The number of aryl methyl sites for hydroxylation is 2. The number of phenols is 2. The first kappa shape index (κ1) is 41.3. The first-order valence-corrected chi connectivity index (χ1v) is 18.3. The van der Waals surface area contributed by atoms with E-state index < -0.39 is 0 Å². The van der Waals surface area contributed by atoms with Crippen LogP contribution in [0.4, 0.5) is 0 Å². The number of hydrogen-bond donors (Lipinski definition) is 3. The van der Waals surface area contributed by atoms with Crippen molar-refractivity contribution in [3.63, 3.8) is 0 Å². The number of amides is 2. The third-order valence-electron chi connectivity index (χ3n) is 9.22. The Morgan fingerprint density at radius 1 is 0.542 bits per heavy atom. The highest BCUT2D eigenvalue weighted by molar-refractivity contribution is 5.95. The summed E-state index contributed by atoms with van der Waals surface area (Å²) in [4.78, 5) is 28.7. The Kier molecular flexibility index (Phi) is 14.4. The predicted molar refractivity (Wildman–Crippen MR) is 201 cm³/mol. The Bertz CT molecular complexity index is 1210. The van der Waals surface area contributed by atoms with Gasteiger partial charge in [-0.1, -0.05) is 120 Å². The van der Waals surface area contributed by atoms with E-state index in [4.69, 9.17) is 5.73 Å². The number of rotatable bonds is 14. The molecule has 48 heavy (non-hydrogen) atoms. The lowest BCUT2D eigenvalue weighted by Crippen LogP contribution is -2.37. The lowest BCUT2D eigenvalue weighted by Gasteiger charge is -2.28. The Morgan fingerprint density at radius 3 is 1.15 bits per heavy atom. The van der Waals surface area contributed by atoms with E-state index in [-0.39, 0.29) is 33.5 Å². The summed E-state index contributed by atoms with van der Waals surface area (Å²) in [5.74, 6) is 0.495. The van der Waals surface area contributed by atoms with Gasteiger partial charge in [-0.15, -0.1) is 0 Å². The van der Waals surface area contributed by atoms with E-state index in [2.05, 4.69) is 107 Å². The first-order valence-electron chi connectivity index (χ1n) is 18.3. The second-order valence-corrected chi connectivity index (χ2v) is 17.9. The van der Waals surface area contributed by atoms with Crippen molar-refractivity contribution in [1.82, 2.24) is 4.90 Å². The monoisotopic (exact) mass is 665 g/mol. The Morgan fingerprint density at radius 2 is 0.854 bits per heavy atom. The number of nitrogens with zero attached hydrogens (tertiary/aromatic N) is 1. The van der Waals surface area contributed by atoms with E-state index in [1.165, 1.54) is 4.90 Å². The van der Waals surface area contributed by atoms with Crippen LogP contribution in [-0.4, -0.2) is 40.0 Å². The molecule has 2 amide bonds. The highest BCUT2D eigenvalue weighted by Crippen LogP contribution is 2.41. The zero-order valence-electron chi connectivity index (χ0n) is 32.5. The van der Waals surface area contributed by atoms with Crippen LogP contribution in [0.5, 0.6) is 11.5 Å². The largest absolute Gasteiger partial charge is 0.507 e. The van der Waals surface area contributed by atoms with Gasteiger partial charge in [0.2, 0.25) is 11.8 Å². The van der Waals surface area contributed by atoms with Crippen LogP contribution in [0.2, 0.25) is 0 Å². The van der Waals surface area contributed by atoms with E-state index in [0.717, 1.165) is 59.1 Å². The number of carbonyl (C=O) groups excluding carboxylic acids is 2. The van der Waals surface area contributed by atoms with Crippen molar-refractivity contribution >= 4 is 11.8 Å². The number of nitrogens with two attached hydrogens (primary N) is 1. The van der Waals surface area contributed by atoms with Gasteiger partial charge in [-0.3, -0.25) is 14.5 Å². The van der Waals surface area contributed by atoms with Crippen LogP contribution in [0.3, 0.4) is 0 Å². The summed E-state index contributed by atoms with van der Waals surface area (Å²) in [6.45, 7) is 26.3. The molecule has 0 aliphatic rings. The van der Waals surface area contributed by atoms with Crippen molar-refractivity contribution < 1.29 is 19.8 Å². The molecule has 0 aromatic heterocycles. The molecule has 6 heteroatoms. The smallest absolute Gasteiger partial charge is 0.229 e. The normalized spacial score (nSPS) is 12.8. The average molecular weight is 665 g/mol. The van der Waals surface area contributed by atoms with Gasteiger partial charge in [-0.25, -0.2) is 0 Å². The van der Waals surface area contributed by atoms with Crippen molar-refractivity contribution in [1.29, 1.82) is 0 Å². The minimum atomic E-state index is -0.216. The maximum absolute atomic E-state index is 13.6. The quantitative estimate of drug-likeness (QED) is 0.175. The van der Waals surface area contributed by atoms with Crippen LogP contribution in [-0.2, 0) is 44.1 Å². The summed E-state index contributed by atoms with van der Waals surface area (Å²) in [7, 11) is 0. The fourth-order valence-electron chi connectivity index (χ4n) is 6.28. The number of imide groups is 1. The fourth-order valence-corrected chi connectivity index (χ4v) is 6.28. The lowest BCUT2D eigenvalue weighted by atomic mass is 9.78. The summed E-state index contributed by atoms with van der Waals surface area (Å²) < 4.78 is 0. The zero-order chi connectivity index (χ0) is 36.7. The molecule has 270 valence electrons. The second kappa shape index (κ2) is 16.7. The van der Waals surface area contributed by atoms with Gasteiger partial charge in [0, 0.05) is 19.4 Å². The number of hydrogen-bond acceptors (Lipinski definition) is 5. The number of carbonyl (C=O) groups is 2. The summed E-state index contributed by atoms with van der Waals surface area (Å²) in [6.07, 6.45) is 6.91. The highest BCUT2D eigenvalue weighted by atomic mass is 16.3. The summed E-state index contributed by atoms with van der Waals surface area (Å²) in [6, 6.07) is 8.31. The van der Waals surface area contributed by atoms with E-state index in [1.807, 2.05) is 0 Å². The fraction of sp³-hybridized carbons (Fsp3) is 0.667. The molecular formula is C42H68N2O4. The number of unbranched alkanes of at least 4 members (excludes halogenated alkanes) is 3. The van der Waals surface area contributed by atoms with Crippen LogP contribution in [0.1, 0.15) is 168 Å². The maximum Gasteiger partial charge on any atom is 0.229 e. The van der Waals surface area contributed by atoms with Crippen LogP contribution < -0.4 is 5.73 Å². The molecule has 0 saturated carbocycles. The van der Waals surface area contributed by atoms with Gasteiger partial charge in [0.15, 0.2) is 0 Å². The minimum absolute atomic E-state index is 0.112. The Labute approximate surface area is 292 Å². The first-order chi connectivity index (χ1) is 22.0. The van der Waals surface area contributed by atoms with Crippen molar-refractivity contribution in [2.45, 2.75) is 169 Å². The van der Waals surface area contributed by atoms with Crippen molar-refractivity contribution in [3.05, 3.63) is 57.6 Å². The maximum atomic E-state index is 13.6. The van der Waals surface area contributed by atoms with Crippen LogP contribution >= 0.6 is 0 Å². The van der Waals surface area contributed by atoms with E-state index in [9.17, 15) is 19.8 Å². The molecule has 0 aliphatic carbocycles. The van der Waals surface area contributed by atoms with E-state index >= 15 is 0 Å². The molecule has 0 heterocycles. The molecule has 0 bridgehead atoms. The molecule has 2 rings (SSSR count). The molecule has 0 atom stereocenters. The summed E-state index contributed by atoms with van der Waals surface area (Å²) in [5, 5.41) is 22.2. The molecule has 0 unspecified atom stereocenters. The number of benzene rings is 2. The second-order valence-electron chi connectivity index (χ2n) is 17.9. The molecule has 0 aliphatic heterocycles. The molecule has 0 fully saturated rings. The number of phenolic OH excluding ortho intramolecular Hbond substituents is 2. The highest BCUT2D eigenvalue weighted by Gasteiger charge is 2.28. The summed E-state index contributed by atoms with van der Waals surface area (Å²) in [5.41, 5.74) is 10.7. The molecular weight excluding hydrogens is 596 g/mol.